The summed E-state index contributed by atoms with van der Waals surface area (Å²) in [6.45, 7) is 17.5. The zero-order chi connectivity index (χ0) is 38.8. The predicted molar refractivity (Wildman–Crippen MR) is 205 cm³/mol. The molecule has 3 aromatic rings. The zero-order valence-corrected chi connectivity index (χ0v) is 33.4. The molecule has 0 bridgehead atoms. The maximum atomic E-state index is 14.5. The van der Waals surface area contributed by atoms with Crippen LogP contribution in [0.1, 0.15) is 84.4 Å². The highest BCUT2D eigenvalue weighted by Crippen LogP contribution is 2.57. The fourth-order valence-electron chi connectivity index (χ4n) is 7.28. The van der Waals surface area contributed by atoms with Gasteiger partial charge in [0.2, 0.25) is 21.8 Å². The molecule has 0 spiro atoms. The van der Waals surface area contributed by atoms with Gasteiger partial charge >= 0.3 is 0 Å². The Morgan fingerprint density at radius 1 is 1.19 bits per heavy atom. The summed E-state index contributed by atoms with van der Waals surface area (Å²) >= 11 is 1.50. The molecule has 3 heterocycles. The number of Topliss-reactive ketones (excluding diaryl/α,β-unsaturated/α-hetero) is 1. The summed E-state index contributed by atoms with van der Waals surface area (Å²) in [5.41, 5.74) is 7.74. The number of benzene rings is 1. The van der Waals surface area contributed by atoms with Gasteiger partial charge in [-0.2, -0.15) is 0 Å². The summed E-state index contributed by atoms with van der Waals surface area (Å²) in [4.78, 5) is 53.6. The van der Waals surface area contributed by atoms with Gasteiger partial charge in [-0.1, -0.05) is 47.6 Å². The maximum Gasteiger partial charge on any atom is 0.240 e. The van der Waals surface area contributed by atoms with Crippen LogP contribution in [0.3, 0.4) is 0 Å². The number of hydrogen-bond acceptors (Lipinski definition) is 11. The lowest BCUT2D eigenvalue weighted by Gasteiger charge is -2.33. The zero-order valence-electron chi connectivity index (χ0n) is 31.8. The van der Waals surface area contributed by atoms with Crippen LogP contribution in [-0.4, -0.2) is 78.0 Å². The van der Waals surface area contributed by atoms with E-state index < -0.39 is 62.0 Å². The fraction of sp³-hybridized carbons (Fsp3) is 0.564. The molecule has 12 nitrogen and oxygen atoms in total. The summed E-state index contributed by atoms with van der Waals surface area (Å²) in [7, 11) is -2.23. The van der Waals surface area contributed by atoms with Crippen LogP contribution in [0.15, 0.2) is 36.2 Å². The highest BCUT2D eigenvalue weighted by atomic mass is 32.2. The largest absolute Gasteiger partial charge is 0.496 e. The molecule has 0 radical (unpaired) electrons. The van der Waals surface area contributed by atoms with Gasteiger partial charge in [0.15, 0.2) is 5.78 Å². The minimum atomic E-state index is -3.84. The maximum absolute atomic E-state index is 14.5. The van der Waals surface area contributed by atoms with Crippen molar-refractivity contribution in [3.8, 4) is 22.2 Å². The van der Waals surface area contributed by atoms with Crippen LogP contribution < -0.4 is 19.9 Å². The number of carbonyl (C=O) groups is 3. The number of amides is 2. The van der Waals surface area contributed by atoms with E-state index in [1.165, 1.54) is 16.2 Å². The number of aryl methyl sites for hydroxylation is 1. The monoisotopic (exact) mass is 765 g/mol. The van der Waals surface area contributed by atoms with E-state index in [1.54, 1.807) is 13.2 Å². The summed E-state index contributed by atoms with van der Waals surface area (Å²) in [6.07, 6.45) is 1.97. The van der Waals surface area contributed by atoms with Gasteiger partial charge in [0, 0.05) is 34.7 Å². The average Bonchev–Trinajstić information content (AvgIpc) is 3.99. The molecular weight excluding hydrogens is 715 g/mol. The first kappa shape index (κ1) is 38.8. The average molecular weight is 766 g/mol. The highest BCUT2D eigenvalue weighted by molar-refractivity contribution is 7.90. The first-order valence-electron chi connectivity index (χ1n) is 18.2. The van der Waals surface area contributed by atoms with E-state index in [0.717, 1.165) is 21.7 Å². The van der Waals surface area contributed by atoms with Crippen molar-refractivity contribution in [2.75, 3.05) is 13.7 Å². The lowest BCUT2D eigenvalue weighted by Crippen LogP contribution is -2.54. The number of pyridine rings is 1. The van der Waals surface area contributed by atoms with E-state index in [0.29, 0.717) is 35.6 Å². The summed E-state index contributed by atoms with van der Waals surface area (Å²) in [6, 6.07) is 3.70. The molecule has 3 fully saturated rings. The Labute approximate surface area is 316 Å². The van der Waals surface area contributed by atoms with Crippen molar-refractivity contribution < 1.29 is 32.3 Å². The summed E-state index contributed by atoms with van der Waals surface area (Å²) in [5.74, 6) is -0.929. The Kier molecular flexibility index (Phi) is 10.3. The predicted octanol–water partition coefficient (Wildman–Crippen LogP) is 5.53. The number of nitrogens with one attached hydrogen (secondary N) is 1. The minimum Gasteiger partial charge on any atom is -0.496 e. The minimum absolute atomic E-state index is 0.0728. The summed E-state index contributed by atoms with van der Waals surface area (Å²) < 4.78 is 40.2. The van der Waals surface area contributed by atoms with Crippen LogP contribution in [0.4, 0.5) is 0 Å². The number of allylic oxidation sites excluding steroid dienone is 1. The van der Waals surface area contributed by atoms with Crippen LogP contribution in [0.2, 0.25) is 0 Å². The topological polar surface area (TPSA) is 171 Å². The second-order valence-corrected chi connectivity index (χ2v) is 19.2. The van der Waals surface area contributed by atoms with Crippen LogP contribution in [0, 0.1) is 29.6 Å². The van der Waals surface area contributed by atoms with Crippen molar-refractivity contribution >= 4 is 49.9 Å². The number of ether oxygens (including phenoxy) is 2. The number of hydrogen-bond donors (Lipinski definition) is 2. The van der Waals surface area contributed by atoms with E-state index in [-0.39, 0.29) is 37.0 Å². The molecule has 1 aliphatic heterocycles. The number of aromatic nitrogens is 2. The van der Waals surface area contributed by atoms with Gasteiger partial charge in [0.05, 0.1) is 47.6 Å². The van der Waals surface area contributed by atoms with Crippen LogP contribution in [-0.2, 0) is 24.4 Å². The molecule has 2 amide bonds. The molecule has 2 aromatic heterocycles. The fourth-order valence-corrected chi connectivity index (χ4v) is 9.61. The van der Waals surface area contributed by atoms with Gasteiger partial charge in [-0.15, -0.1) is 17.9 Å². The van der Waals surface area contributed by atoms with E-state index in [9.17, 15) is 22.8 Å². The lowest BCUT2D eigenvalue weighted by atomic mass is 9.85. The molecule has 6 rings (SSSR count). The molecule has 14 heteroatoms. The lowest BCUT2D eigenvalue weighted by molar-refractivity contribution is -0.142. The Morgan fingerprint density at radius 3 is 2.45 bits per heavy atom. The Morgan fingerprint density at radius 2 is 1.89 bits per heavy atom. The van der Waals surface area contributed by atoms with Crippen LogP contribution in [0.25, 0.3) is 21.6 Å². The number of rotatable bonds is 13. The number of nitrogens with zero attached hydrogens (tertiary/aromatic N) is 3. The number of nitrogens with two attached hydrogens (primary N) is 1. The molecule has 3 aliphatic rings. The Balaban J connectivity index is 1.36. The standard InChI is InChI=1S/C39H51N5O7S2/c1-10-23-16-39(23,37(47)43-53(48,49)24-11-12-24)17-28(45)33-22(5)31(18-44(33)36(46)34(40)38(6,7)8)51-30-15-26(35-42-27(19-52-35)20(2)3)41-32-21(4)29(50-9)14-13-25(30)32/h10,13-15,19-20,22-24,31,33-34H,1,11-12,16-18,40H2,2-9H3,(H,43,47)/t22?,23-,31+,33+,34-,39-/m1/s1. The number of sulfonamides is 1. The number of carbonyl (C=O) groups excluding carboxylic acids is 3. The Hall–Kier alpha value is -3.88. The molecule has 1 aromatic carbocycles. The molecule has 2 saturated carbocycles. The number of ketones is 1. The first-order chi connectivity index (χ1) is 24.8. The smallest absolute Gasteiger partial charge is 0.240 e. The van der Waals surface area contributed by atoms with E-state index in [2.05, 4.69) is 25.1 Å². The van der Waals surface area contributed by atoms with Crippen molar-refractivity contribution in [1.82, 2.24) is 19.6 Å². The molecule has 1 saturated heterocycles. The van der Waals surface area contributed by atoms with E-state index in [4.69, 9.17) is 25.2 Å². The Bertz CT molecular complexity index is 2070. The molecule has 53 heavy (non-hydrogen) atoms. The number of fused-ring (bicyclic) bond motifs is 1. The van der Waals surface area contributed by atoms with E-state index in [1.807, 2.05) is 58.2 Å². The van der Waals surface area contributed by atoms with Gasteiger partial charge in [0.25, 0.3) is 0 Å². The highest BCUT2D eigenvalue weighted by Gasteiger charge is 2.62. The van der Waals surface area contributed by atoms with Crippen LogP contribution in [0.5, 0.6) is 11.5 Å². The van der Waals surface area contributed by atoms with Crippen molar-refractivity contribution in [2.24, 2.45) is 28.4 Å². The second-order valence-electron chi connectivity index (χ2n) is 16.3. The van der Waals surface area contributed by atoms with Crippen molar-refractivity contribution in [3.63, 3.8) is 0 Å². The van der Waals surface area contributed by atoms with Gasteiger partial charge in [0.1, 0.15) is 28.3 Å². The molecular formula is C39H51N5O7S2. The molecule has 286 valence electrons. The molecule has 3 N–H and O–H groups in total. The van der Waals surface area contributed by atoms with Gasteiger partial charge in [-0.25, -0.2) is 18.4 Å². The van der Waals surface area contributed by atoms with Gasteiger partial charge in [-0.3, -0.25) is 19.1 Å². The quantitative estimate of drug-likeness (QED) is 0.211. The molecule has 2 aliphatic carbocycles. The molecule has 6 atom stereocenters. The molecule has 1 unspecified atom stereocenters. The third-order valence-electron chi connectivity index (χ3n) is 11.1. The van der Waals surface area contributed by atoms with Gasteiger partial charge < -0.3 is 20.1 Å². The third-order valence-corrected chi connectivity index (χ3v) is 13.8. The normalized spacial score (nSPS) is 25.0. The van der Waals surface area contributed by atoms with E-state index >= 15 is 0 Å². The number of methoxy groups -OCH3 is 1. The number of thiazole rings is 1. The SMILES string of the molecule is C=C[C@@H]1C[C@]1(CC(=O)[C@@H]1C(C)[C@@H](Oc2cc(-c3nc(C(C)C)cs3)nc3c(C)c(OC)ccc23)CN1C(=O)[C@@H](N)C(C)(C)C)C(=O)NS(=O)(=O)C1CC1. The summed E-state index contributed by atoms with van der Waals surface area (Å²) in [5, 5.41) is 2.89. The number of likely N-dealkylation sites (tertiary alicyclic amines) is 1. The van der Waals surface area contributed by atoms with Gasteiger partial charge in [-0.05, 0) is 55.6 Å². The second kappa shape index (κ2) is 14.1. The van der Waals surface area contributed by atoms with Crippen molar-refractivity contribution in [2.45, 2.75) is 104 Å². The first-order valence-corrected chi connectivity index (χ1v) is 20.6. The van der Waals surface area contributed by atoms with Crippen molar-refractivity contribution in [3.05, 3.63) is 47.5 Å². The third kappa shape index (κ3) is 7.34. The van der Waals surface area contributed by atoms with Crippen molar-refractivity contribution in [1.29, 1.82) is 0 Å². The van der Waals surface area contributed by atoms with Crippen LogP contribution >= 0.6 is 11.3 Å².